The lowest BCUT2D eigenvalue weighted by Gasteiger charge is -2.26. The van der Waals surface area contributed by atoms with Crippen LogP contribution in [-0.4, -0.2) is 0 Å². The van der Waals surface area contributed by atoms with Gasteiger partial charge in [0.1, 0.15) is 11.2 Å². The molecule has 0 aliphatic heterocycles. The summed E-state index contributed by atoms with van der Waals surface area (Å²) in [6, 6.07) is 66.9. The zero-order valence-electron chi connectivity index (χ0n) is 26.3. The number of hydrogen-bond donors (Lipinski definition) is 0. The fraction of sp³-hybridized carbons (Fsp3) is 0. The molecule has 48 heavy (non-hydrogen) atoms. The summed E-state index contributed by atoms with van der Waals surface area (Å²) in [5.74, 6) is 0. The van der Waals surface area contributed by atoms with Crippen molar-refractivity contribution in [2.24, 2.45) is 0 Å². The summed E-state index contributed by atoms with van der Waals surface area (Å²) in [5, 5.41) is 4.70. The highest BCUT2D eigenvalue weighted by Crippen LogP contribution is 2.43. The Hall–Kier alpha value is -6.38. The first-order chi connectivity index (χ1) is 23.8. The molecule has 0 saturated carbocycles. The van der Waals surface area contributed by atoms with Crippen LogP contribution in [0, 0.1) is 0 Å². The smallest absolute Gasteiger partial charge is 0.137 e. The number of benzene rings is 8. The van der Waals surface area contributed by atoms with Gasteiger partial charge in [0.05, 0.1) is 11.1 Å². The van der Waals surface area contributed by atoms with Gasteiger partial charge in [0.25, 0.3) is 0 Å². The van der Waals surface area contributed by atoms with Gasteiger partial charge in [-0.25, -0.2) is 0 Å². The lowest BCUT2D eigenvalue weighted by molar-refractivity contribution is 0.669. The molecule has 0 unspecified atom stereocenters. The summed E-state index contributed by atoms with van der Waals surface area (Å²) in [6.45, 7) is 0. The van der Waals surface area contributed by atoms with E-state index in [0.29, 0.717) is 0 Å². The van der Waals surface area contributed by atoms with E-state index >= 15 is 0 Å². The Balaban J connectivity index is 1.15. The van der Waals surface area contributed by atoms with Crippen LogP contribution in [0.3, 0.4) is 0 Å². The lowest BCUT2D eigenvalue weighted by atomic mass is 9.95. The normalized spacial score (nSPS) is 11.3. The van der Waals surface area contributed by atoms with Crippen molar-refractivity contribution in [3.8, 4) is 33.4 Å². The maximum atomic E-state index is 6.31. The summed E-state index contributed by atoms with van der Waals surface area (Å²) in [4.78, 5) is 2.34. The number of fused-ring (bicyclic) bond motifs is 4. The highest BCUT2D eigenvalue weighted by Gasteiger charge is 2.19. The molecule has 0 amide bonds. The molecule has 0 fully saturated rings. The molecule has 226 valence electrons. The molecule has 0 saturated heterocycles. The van der Waals surface area contributed by atoms with Gasteiger partial charge in [-0.3, -0.25) is 0 Å². The van der Waals surface area contributed by atoms with E-state index in [4.69, 9.17) is 4.42 Å². The molecule has 2 nitrogen and oxygen atoms in total. The van der Waals surface area contributed by atoms with Gasteiger partial charge in [0.15, 0.2) is 0 Å². The molecule has 0 radical (unpaired) electrons. The minimum atomic E-state index is 0.877. The van der Waals surface area contributed by atoms with Gasteiger partial charge in [0.2, 0.25) is 0 Å². The van der Waals surface area contributed by atoms with E-state index < -0.39 is 0 Å². The highest BCUT2D eigenvalue weighted by atomic mass is 16.3. The van der Waals surface area contributed by atoms with Crippen molar-refractivity contribution >= 4 is 49.8 Å². The van der Waals surface area contributed by atoms with Gasteiger partial charge in [0, 0.05) is 16.8 Å². The molecule has 1 aromatic heterocycles. The van der Waals surface area contributed by atoms with Crippen LogP contribution in [0.15, 0.2) is 192 Å². The van der Waals surface area contributed by atoms with Crippen LogP contribution < -0.4 is 4.90 Å². The Kier molecular flexibility index (Phi) is 6.84. The third-order valence-electron chi connectivity index (χ3n) is 9.28. The molecule has 8 aromatic carbocycles. The van der Waals surface area contributed by atoms with Gasteiger partial charge in [-0.1, -0.05) is 140 Å². The standard InChI is InChI=1S/C46H31NO/c1-3-11-32(12-4-1)33-21-26-38(27-22-33)47(43-18-10-20-45-46(43)42-16-7-8-19-44(42)48-45)39-28-23-34(24-29-39)36-25-30-41-37(31-36)15-9-17-40(41)35-13-5-2-6-14-35/h1-31H. The SMILES string of the molecule is c1ccc(-c2ccc(N(c3ccc(-c4ccc5c(-c6ccccc6)cccc5c4)cc3)c3cccc4oc5ccccc5c34)cc2)cc1. The summed E-state index contributed by atoms with van der Waals surface area (Å²) in [5.41, 5.74) is 12.3. The molecular weight excluding hydrogens is 583 g/mol. The molecule has 0 spiro atoms. The molecular formula is C46H31NO. The van der Waals surface area contributed by atoms with Crippen LogP contribution in [-0.2, 0) is 0 Å². The molecule has 9 rings (SSSR count). The van der Waals surface area contributed by atoms with Crippen molar-refractivity contribution in [1.82, 2.24) is 0 Å². The Morgan fingerprint density at radius 1 is 0.354 bits per heavy atom. The Bertz CT molecular complexity index is 2530. The quantitative estimate of drug-likeness (QED) is 0.185. The average molecular weight is 614 g/mol. The first kappa shape index (κ1) is 27.9. The number of anilines is 3. The third-order valence-corrected chi connectivity index (χ3v) is 9.28. The molecule has 0 aliphatic rings. The summed E-state index contributed by atoms with van der Waals surface area (Å²) in [6.07, 6.45) is 0. The van der Waals surface area contributed by atoms with E-state index in [2.05, 4.69) is 181 Å². The second-order valence-corrected chi connectivity index (χ2v) is 12.2. The molecule has 0 bridgehead atoms. The second-order valence-electron chi connectivity index (χ2n) is 12.2. The van der Waals surface area contributed by atoms with E-state index in [9.17, 15) is 0 Å². The van der Waals surface area contributed by atoms with E-state index in [1.54, 1.807) is 0 Å². The molecule has 9 aromatic rings. The van der Waals surface area contributed by atoms with Gasteiger partial charge < -0.3 is 9.32 Å². The zero-order chi connectivity index (χ0) is 31.9. The van der Waals surface area contributed by atoms with Crippen LogP contribution in [0.1, 0.15) is 0 Å². The number of furan rings is 1. The first-order valence-electron chi connectivity index (χ1n) is 16.3. The first-order valence-corrected chi connectivity index (χ1v) is 16.3. The predicted molar refractivity (Wildman–Crippen MR) is 202 cm³/mol. The largest absolute Gasteiger partial charge is 0.456 e. The minimum absolute atomic E-state index is 0.877. The second kappa shape index (κ2) is 11.8. The van der Waals surface area contributed by atoms with Crippen molar-refractivity contribution in [2.75, 3.05) is 4.90 Å². The fourth-order valence-corrected chi connectivity index (χ4v) is 6.94. The van der Waals surface area contributed by atoms with Gasteiger partial charge in [-0.15, -0.1) is 0 Å². The van der Waals surface area contributed by atoms with Crippen molar-refractivity contribution in [2.45, 2.75) is 0 Å². The topological polar surface area (TPSA) is 16.4 Å². The molecule has 0 atom stereocenters. The number of rotatable bonds is 6. The predicted octanol–water partition coefficient (Wildman–Crippen LogP) is 13.2. The Labute approximate surface area is 279 Å². The maximum Gasteiger partial charge on any atom is 0.137 e. The third kappa shape index (κ3) is 4.92. The number of para-hydroxylation sites is 1. The molecule has 0 N–H and O–H groups in total. The van der Waals surface area contributed by atoms with E-state index in [1.807, 2.05) is 12.1 Å². The Morgan fingerprint density at radius 3 is 1.65 bits per heavy atom. The van der Waals surface area contributed by atoms with Crippen LogP contribution in [0.25, 0.3) is 66.1 Å². The minimum Gasteiger partial charge on any atom is -0.456 e. The Morgan fingerprint density at radius 2 is 0.917 bits per heavy atom. The van der Waals surface area contributed by atoms with E-state index in [-0.39, 0.29) is 0 Å². The molecule has 0 aliphatic carbocycles. The van der Waals surface area contributed by atoms with Crippen molar-refractivity contribution in [3.63, 3.8) is 0 Å². The van der Waals surface area contributed by atoms with Gasteiger partial charge in [-0.05, 0) is 92.7 Å². The van der Waals surface area contributed by atoms with Crippen LogP contribution >= 0.6 is 0 Å². The molecule has 1 heterocycles. The summed E-state index contributed by atoms with van der Waals surface area (Å²) in [7, 11) is 0. The maximum absolute atomic E-state index is 6.31. The average Bonchev–Trinajstić information content (AvgIpc) is 3.55. The van der Waals surface area contributed by atoms with E-state index in [0.717, 1.165) is 39.0 Å². The van der Waals surface area contributed by atoms with Crippen molar-refractivity contribution in [1.29, 1.82) is 0 Å². The number of nitrogens with zero attached hydrogens (tertiary/aromatic N) is 1. The van der Waals surface area contributed by atoms with Gasteiger partial charge in [-0.2, -0.15) is 0 Å². The summed E-state index contributed by atoms with van der Waals surface area (Å²) < 4.78 is 6.31. The highest BCUT2D eigenvalue weighted by molar-refractivity contribution is 6.13. The van der Waals surface area contributed by atoms with E-state index in [1.165, 1.54) is 44.2 Å². The van der Waals surface area contributed by atoms with Crippen molar-refractivity contribution < 1.29 is 4.42 Å². The monoisotopic (exact) mass is 613 g/mol. The lowest BCUT2D eigenvalue weighted by Crippen LogP contribution is -2.10. The fourth-order valence-electron chi connectivity index (χ4n) is 6.94. The van der Waals surface area contributed by atoms with Crippen LogP contribution in [0.4, 0.5) is 17.1 Å². The van der Waals surface area contributed by atoms with Crippen molar-refractivity contribution in [3.05, 3.63) is 188 Å². The molecule has 2 heteroatoms. The van der Waals surface area contributed by atoms with Crippen LogP contribution in [0.2, 0.25) is 0 Å². The van der Waals surface area contributed by atoms with Gasteiger partial charge >= 0.3 is 0 Å². The number of hydrogen-bond acceptors (Lipinski definition) is 2. The summed E-state index contributed by atoms with van der Waals surface area (Å²) >= 11 is 0. The van der Waals surface area contributed by atoms with Crippen LogP contribution in [0.5, 0.6) is 0 Å². The zero-order valence-corrected chi connectivity index (χ0v) is 26.3.